The van der Waals surface area contributed by atoms with E-state index in [2.05, 4.69) is 20.6 Å². The highest BCUT2D eigenvalue weighted by Gasteiger charge is 2.09. The third kappa shape index (κ3) is 4.77. The highest BCUT2D eigenvalue weighted by Crippen LogP contribution is 2.16. The van der Waals surface area contributed by atoms with Crippen LogP contribution in [0, 0.1) is 5.82 Å². The maximum absolute atomic E-state index is 12.9. The Kier molecular flexibility index (Phi) is 5.76. The fourth-order valence-corrected chi connectivity index (χ4v) is 2.48. The van der Waals surface area contributed by atoms with Crippen LogP contribution < -0.4 is 10.6 Å². The van der Waals surface area contributed by atoms with Gasteiger partial charge in [0.1, 0.15) is 23.7 Å². The zero-order chi connectivity index (χ0) is 18.4. The molecule has 1 heterocycles. The Morgan fingerprint density at radius 2 is 1.81 bits per heavy atom. The summed E-state index contributed by atoms with van der Waals surface area (Å²) in [5.74, 6) is -0.130. The lowest BCUT2D eigenvalue weighted by atomic mass is 10.2. The van der Waals surface area contributed by atoms with E-state index in [1.54, 1.807) is 18.2 Å². The molecule has 1 aromatic heterocycles. The zero-order valence-corrected chi connectivity index (χ0v) is 14.5. The van der Waals surface area contributed by atoms with E-state index in [9.17, 15) is 9.18 Å². The Balaban J connectivity index is 1.60. The molecule has 0 saturated heterocycles. The predicted octanol–water partition coefficient (Wildman–Crippen LogP) is 3.81. The third-order valence-corrected chi connectivity index (χ3v) is 4.05. The number of hydrogen-bond donors (Lipinski definition) is 2. The van der Waals surface area contributed by atoms with Crippen molar-refractivity contribution in [2.45, 2.75) is 13.1 Å². The number of carbonyl (C=O) groups is 1. The minimum Gasteiger partial charge on any atom is -0.366 e. The Hall–Kier alpha value is -2.99. The minimum atomic E-state index is -0.336. The second-order valence-corrected chi connectivity index (χ2v) is 5.95. The SMILES string of the molecule is O=C(NCc1ccc(F)cc1)c1cc(NCc2ccccc2Cl)ncn1. The summed E-state index contributed by atoms with van der Waals surface area (Å²) >= 11 is 6.12. The number of aromatic nitrogens is 2. The number of halogens is 2. The molecule has 7 heteroatoms. The molecule has 0 fully saturated rings. The monoisotopic (exact) mass is 370 g/mol. The average molecular weight is 371 g/mol. The minimum absolute atomic E-state index is 0.240. The van der Waals surface area contributed by atoms with E-state index in [4.69, 9.17) is 11.6 Å². The van der Waals surface area contributed by atoms with E-state index in [0.717, 1.165) is 11.1 Å². The van der Waals surface area contributed by atoms with Crippen molar-refractivity contribution in [3.63, 3.8) is 0 Å². The van der Waals surface area contributed by atoms with Gasteiger partial charge in [0.2, 0.25) is 0 Å². The normalized spacial score (nSPS) is 10.4. The van der Waals surface area contributed by atoms with Crippen LogP contribution in [0.15, 0.2) is 60.9 Å². The average Bonchev–Trinajstić information content (AvgIpc) is 2.67. The van der Waals surface area contributed by atoms with Gasteiger partial charge in [-0.05, 0) is 29.3 Å². The molecule has 0 aliphatic heterocycles. The Morgan fingerprint density at radius 3 is 2.58 bits per heavy atom. The maximum atomic E-state index is 12.9. The van der Waals surface area contributed by atoms with Gasteiger partial charge in [0.15, 0.2) is 0 Å². The maximum Gasteiger partial charge on any atom is 0.270 e. The lowest BCUT2D eigenvalue weighted by Crippen LogP contribution is -2.24. The van der Waals surface area contributed by atoms with Crippen LogP contribution >= 0.6 is 11.6 Å². The number of hydrogen-bond acceptors (Lipinski definition) is 4. The number of carbonyl (C=O) groups excluding carboxylic acids is 1. The van der Waals surface area contributed by atoms with Gasteiger partial charge in [-0.25, -0.2) is 14.4 Å². The van der Waals surface area contributed by atoms with Crippen LogP contribution in [-0.2, 0) is 13.1 Å². The number of rotatable bonds is 6. The van der Waals surface area contributed by atoms with Gasteiger partial charge in [-0.1, -0.05) is 41.9 Å². The molecule has 0 unspecified atom stereocenters. The first-order chi connectivity index (χ1) is 12.6. The topological polar surface area (TPSA) is 66.9 Å². The Morgan fingerprint density at radius 1 is 1.04 bits per heavy atom. The van der Waals surface area contributed by atoms with E-state index in [-0.39, 0.29) is 24.0 Å². The largest absolute Gasteiger partial charge is 0.366 e. The van der Waals surface area contributed by atoms with Crippen molar-refractivity contribution in [2.24, 2.45) is 0 Å². The first-order valence-electron chi connectivity index (χ1n) is 7.94. The van der Waals surface area contributed by atoms with Crippen LogP contribution in [0.2, 0.25) is 5.02 Å². The van der Waals surface area contributed by atoms with Gasteiger partial charge in [0.25, 0.3) is 5.91 Å². The summed E-state index contributed by atoms with van der Waals surface area (Å²) in [6.07, 6.45) is 1.32. The molecule has 1 amide bonds. The molecule has 0 spiro atoms. The quantitative estimate of drug-likeness (QED) is 0.692. The molecule has 0 aliphatic carbocycles. The molecule has 3 aromatic rings. The number of anilines is 1. The summed E-state index contributed by atoms with van der Waals surface area (Å²) < 4.78 is 12.9. The van der Waals surface area contributed by atoms with Crippen LogP contribution in [0.4, 0.5) is 10.2 Å². The molecule has 5 nitrogen and oxygen atoms in total. The molecule has 3 rings (SSSR count). The molecule has 26 heavy (non-hydrogen) atoms. The van der Waals surface area contributed by atoms with Crippen LogP contribution in [0.1, 0.15) is 21.6 Å². The summed E-state index contributed by atoms with van der Waals surface area (Å²) in [7, 11) is 0. The highest BCUT2D eigenvalue weighted by atomic mass is 35.5. The lowest BCUT2D eigenvalue weighted by molar-refractivity contribution is 0.0946. The van der Waals surface area contributed by atoms with Gasteiger partial charge in [0, 0.05) is 24.2 Å². The van der Waals surface area contributed by atoms with Crippen molar-refractivity contribution < 1.29 is 9.18 Å². The van der Waals surface area contributed by atoms with Crippen molar-refractivity contribution in [3.05, 3.63) is 88.6 Å². The second kappa shape index (κ2) is 8.40. The standard InChI is InChI=1S/C19H16ClFN4O/c20-16-4-2-1-3-14(16)11-22-18-9-17(24-12-25-18)19(26)23-10-13-5-7-15(21)8-6-13/h1-9,12H,10-11H2,(H,23,26)(H,22,24,25). The molecule has 2 N–H and O–H groups in total. The van der Waals surface area contributed by atoms with Gasteiger partial charge in [-0.15, -0.1) is 0 Å². The molecule has 132 valence electrons. The molecule has 0 radical (unpaired) electrons. The smallest absolute Gasteiger partial charge is 0.270 e. The molecule has 0 saturated carbocycles. The Bertz CT molecular complexity index is 902. The van der Waals surface area contributed by atoms with Gasteiger partial charge >= 0.3 is 0 Å². The first kappa shape index (κ1) is 17.8. The van der Waals surface area contributed by atoms with E-state index in [1.165, 1.54) is 18.5 Å². The summed E-state index contributed by atoms with van der Waals surface area (Å²) in [5.41, 5.74) is 1.96. The van der Waals surface area contributed by atoms with Gasteiger partial charge in [-0.2, -0.15) is 0 Å². The first-order valence-corrected chi connectivity index (χ1v) is 8.31. The summed E-state index contributed by atoms with van der Waals surface area (Å²) in [4.78, 5) is 20.3. The second-order valence-electron chi connectivity index (χ2n) is 5.54. The van der Waals surface area contributed by atoms with Crippen LogP contribution in [0.25, 0.3) is 0 Å². The third-order valence-electron chi connectivity index (χ3n) is 3.68. The van der Waals surface area contributed by atoms with Crippen molar-refractivity contribution in [1.29, 1.82) is 0 Å². The molecule has 0 bridgehead atoms. The fourth-order valence-electron chi connectivity index (χ4n) is 2.28. The molecule has 0 aliphatic rings. The highest BCUT2D eigenvalue weighted by molar-refractivity contribution is 6.31. The van der Waals surface area contributed by atoms with Crippen LogP contribution in [0.5, 0.6) is 0 Å². The number of benzene rings is 2. The van der Waals surface area contributed by atoms with Gasteiger partial charge in [-0.3, -0.25) is 4.79 Å². The molecule has 0 atom stereocenters. The van der Waals surface area contributed by atoms with Crippen molar-refractivity contribution in [2.75, 3.05) is 5.32 Å². The predicted molar refractivity (Wildman–Crippen MR) is 98.4 cm³/mol. The van der Waals surface area contributed by atoms with E-state index in [0.29, 0.717) is 17.4 Å². The number of amides is 1. The van der Waals surface area contributed by atoms with Crippen molar-refractivity contribution in [1.82, 2.24) is 15.3 Å². The molecular weight excluding hydrogens is 355 g/mol. The number of nitrogens with one attached hydrogen (secondary N) is 2. The van der Waals surface area contributed by atoms with E-state index < -0.39 is 0 Å². The molecule has 2 aromatic carbocycles. The number of nitrogens with zero attached hydrogens (tertiary/aromatic N) is 2. The van der Waals surface area contributed by atoms with E-state index >= 15 is 0 Å². The molecular formula is C19H16ClFN4O. The zero-order valence-electron chi connectivity index (χ0n) is 13.7. The van der Waals surface area contributed by atoms with Gasteiger partial charge < -0.3 is 10.6 Å². The summed E-state index contributed by atoms with van der Waals surface area (Å²) in [6, 6.07) is 15.0. The van der Waals surface area contributed by atoms with Crippen molar-refractivity contribution >= 4 is 23.3 Å². The lowest BCUT2D eigenvalue weighted by Gasteiger charge is -2.09. The Labute approximate surface area is 155 Å². The fraction of sp³-hybridized carbons (Fsp3) is 0.105. The van der Waals surface area contributed by atoms with Gasteiger partial charge in [0.05, 0.1) is 0 Å². The van der Waals surface area contributed by atoms with E-state index in [1.807, 2.05) is 24.3 Å². The van der Waals surface area contributed by atoms with Crippen LogP contribution in [-0.4, -0.2) is 15.9 Å². The summed E-state index contributed by atoms with van der Waals surface area (Å²) in [5, 5.41) is 6.52. The van der Waals surface area contributed by atoms with Crippen molar-refractivity contribution in [3.8, 4) is 0 Å². The van der Waals surface area contributed by atoms with Crippen LogP contribution in [0.3, 0.4) is 0 Å². The summed E-state index contributed by atoms with van der Waals surface area (Å²) in [6.45, 7) is 0.763.